The highest BCUT2D eigenvalue weighted by Gasteiger charge is 2.03. The van der Waals surface area contributed by atoms with E-state index in [4.69, 9.17) is 0 Å². The van der Waals surface area contributed by atoms with Crippen molar-refractivity contribution in [2.45, 2.75) is 13.0 Å². The molecule has 2 nitrogen and oxygen atoms in total. The maximum absolute atomic E-state index is 13.4. The Hall–Kier alpha value is -1.74. The zero-order valence-corrected chi connectivity index (χ0v) is 9.78. The monoisotopic (exact) mass is 230 g/mol. The van der Waals surface area contributed by atoms with Gasteiger partial charge in [-0.2, -0.15) is 0 Å². The molecule has 0 bridgehead atoms. The van der Waals surface area contributed by atoms with Gasteiger partial charge in [0.1, 0.15) is 5.82 Å². The molecule has 0 unspecified atom stereocenters. The quantitative estimate of drug-likeness (QED) is 0.873. The summed E-state index contributed by atoms with van der Waals surface area (Å²) < 4.78 is 13.4. The summed E-state index contributed by atoms with van der Waals surface area (Å²) in [6.07, 6.45) is 2.51. The molecular formula is C14H15FN2. The minimum absolute atomic E-state index is 0.163. The summed E-state index contributed by atoms with van der Waals surface area (Å²) in [5, 5.41) is 2.96. The van der Waals surface area contributed by atoms with Crippen LogP contribution < -0.4 is 5.32 Å². The fourth-order valence-electron chi connectivity index (χ4n) is 1.78. The van der Waals surface area contributed by atoms with Crippen molar-refractivity contribution in [3.05, 3.63) is 65.2 Å². The van der Waals surface area contributed by atoms with E-state index in [0.29, 0.717) is 12.1 Å². The molecule has 3 heteroatoms. The predicted molar refractivity (Wildman–Crippen MR) is 66.2 cm³/mol. The second-order valence-electron chi connectivity index (χ2n) is 3.95. The Morgan fingerprint density at radius 2 is 2.12 bits per heavy atom. The number of pyridine rings is 1. The van der Waals surface area contributed by atoms with Crippen LogP contribution in [0.15, 0.2) is 42.6 Å². The number of hydrogen-bond acceptors (Lipinski definition) is 2. The lowest BCUT2D eigenvalue weighted by atomic mass is 10.1. The highest BCUT2D eigenvalue weighted by molar-refractivity contribution is 5.28. The summed E-state index contributed by atoms with van der Waals surface area (Å²) in [7, 11) is 1.81. The largest absolute Gasteiger partial charge is 0.316 e. The standard InChI is InChI=1S/C14H15FN2/c1-16-10-12-8-11(5-6-14(12)15)9-13-4-2-3-7-17-13/h2-8,16H,9-10H2,1H3. The van der Waals surface area contributed by atoms with Gasteiger partial charge in [0.15, 0.2) is 0 Å². The molecule has 0 aliphatic carbocycles. The van der Waals surface area contributed by atoms with Crippen LogP contribution in [0.2, 0.25) is 0 Å². The average Bonchev–Trinajstić information content (AvgIpc) is 2.35. The fraction of sp³-hybridized carbons (Fsp3) is 0.214. The van der Waals surface area contributed by atoms with Gasteiger partial charge in [0, 0.05) is 30.4 Å². The van der Waals surface area contributed by atoms with Gasteiger partial charge in [0.25, 0.3) is 0 Å². The Morgan fingerprint density at radius 3 is 2.82 bits per heavy atom. The van der Waals surface area contributed by atoms with Gasteiger partial charge in [-0.3, -0.25) is 4.98 Å². The summed E-state index contributed by atoms with van der Waals surface area (Å²) in [4.78, 5) is 4.26. The number of hydrogen-bond donors (Lipinski definition) is 1. The molecule has 0 saturated heterocycles. The highest BCUT2D eigenvalue weighted by Crippen LogP contribution is 2.13. The van der Waals surface area contributed by atoms with Crippen LogP contribution in [-0.2, 0) is 13.0 Å². The first-order chi connectivity index (χ1) is 8.29. The number of nitrogens with zero attached hydrogens (tertiary/aromatic N) is 1. The van der Waals surface area contributed by atoms with E-state index in [9.17, 15) is 4.39 Å². The van der Waals surface area contributed by atoms with Crippen molar-refractivity contribution in [3.8, 4) is 0 Å². The second kappa shape index (κ2) is 5.55. The lowest BCUT2D eigenvalue weighted by molar-refractivity contribution is 0.600. The van der Waals surface area contributed by atoms with E-state index in [2.05, 4.69) is 10.3 Å². The van der Waals surface area contributed by atoms with Gasteiger partial charge in [0.2, 0.25) is 0 Å². The number of nitrogens with one attached hydrogen (secondary N) is 1. The summed E-state index contributed by atoms with van der Waals surface area (Å²) in [6, 6.07) is 11.0. The first kappa shape index (κ1) is 11.7. The molecule has 0 fully saturated rings. The van der Waals surface area contributed by atoms with Gasteiger partial charge in [-0.25, -0.2) is 4.39 Å². The Kier molecular flexibility index (Phi) is 3.83. The van der Waals surface area contributed by atoms with E-state index in [0.717, 1.165) is 17.7 Å². The van der Waals surface area contributed by atoms with Crippen LogP contribution in [0.1, 0.15) is 16.8 Å². The van der Waals surface area contributed by atoms with Gasteiger partial charge in [-0.15, -0.1) is 0 Å². The zero-order valence-electron chi connectivity index (χ0n) is 9.78. The summed E-state index contributed by atoms with van der Waals surface area (Å²) in [6.45, 7) is 0.544. The Labute approximate surface area is 101 Å². The number of benzene rings is 1. The smallest absolute Gasteiger partial charge is 0.127 e. The Balaban J connectivity index is 2.19. The van der Waals surface area contributed by atoms with Crippen molar-refractivity contribution in [2.75, 3.05) is 7.05 Å². The molecule has 2 aromatic rings. The topological polar surface area (TPSA) is 24.9 Å². The van der Waals surface area contributed by atoms with Gasteiger partial charge < -0.3 is 5.32 Å². The van der Waals surface area contributed by atoms with Crippen LogP contribution in [0.4, 0.5) is 4.39 Å². The molecule has 2 rings (SSSR count). The van der Waals surface area contributed by atoms with E-state index in [1.807, 2.05) is 37.4 Å². The first-order valence-electron chi connectivity index (χ1n) is 5.61. The SMILES string of the molecule is CNCc1cc(Cc2ccccn2)ccc1F. The molecule has 88 valence electrons. The van der Waals surface area contributed by atoms with Crippen molar-refractivity contribution in [1.82, 2.24) is 10.3 Å². The number of aromatic nitrogens is 1. The third-order valence-electron chi connectivity index (χ3n) is 2.59. The van der Waals surface area contributed by atoms with Crippen molar-refractivity contribution >= 4 is 0 Å². The van der Waals surface area contributed by atoms with Gasteiger partial charge in [-0.05, 0) is 30.8 Å². The lowest BCUT2D eigenvalue weighted by Crippen LogP contribution is -2.07. The van der Waals surface area contributed by atoms with Crippen LogP contribution in [0, 0.1) is 5.82 Å². The minimum atomic E-state index is -0.163. The molecule has 0 saturated carbocycles. The minimum Gasteiger partial charge on any atom is -0.316 e. The summed E-state index contributed by atoms with van der Waals surface area (Å²) in [5.41, 5.74) is 2.77. The lowest BCUT2D eigenvalue weighted by Gasteiger charge is -2.06. The van der Waals surface area contributed by atoms with E-state index < -0.39 is 0 Å². The molecule has 0 spiro atoms. The molecule has 17 heavy (non-hydrogen) atoms. The Bertz CT molecular complexity index is 483. The van der Waals surface area contributed by atoms with Crippen LogP contribution in [0.5, 0.6) is 0 Å². The number of rotatable bonds is 4. The summed E-state index contributed by atoms with van der Waals surface area (Å²) in [5.74, 6) is -0.163. The van der Waals surface area contributed by atoms with Crippen LogP contribution in [0.3, 0.4) is 0 Å². The van der Waals surface area contributed by atoms with E-state index in [1.54, 1.807) is 6.20 Å². The highest BCUT2D eigenvalue weighted by atomic mass is 19.1. The molecule has 1 heterocycles. The molecule has 0 radical (unpaired) electrons. The molecular weight excluding hydrogens is 215 g/mol. The molecule has 1 aromatic heterocycles. The molecule has 0 atom stereocenters. The van der Waals surface area contributed by atoms with Gasteiger partial charge in [0.05, 0.1) is 0 Å². The maximum atomic E-state index is 13.4. The summed E-state index contributed by atoms with van der Waals surface area (Å²) >= 11 is 0. The van der Waals surface area contributed by atoms with Crippen LogP contribution in [-0.4, -0.2) is 12.0 Å². The fourth-order valence-corrected chi connectivity index (χ4v) is 1.78. The molecule has 0 aliphatic rings. The molecule has 0 aliphatic heterocycles. The normalized spacial score (nSPS) is 10.5. The van der Waals surface area contributed by atoms with Crippen molar-refractivity contribution in [2.24, 2.45) is 0 Å². The van der Waals surface area contributed by atoms with E-state index >= 15 is 0 Å². The molecule has 1 N–H and O–H groups in total. The maximum Gasteiger partial charge on any atom is 0.127 e. The van der Waals surface area contributed by atoms with Crippen molar-refractivity contribution in [3.63, 3.8) is 0 Å². The van der Waals surface area contributed by atoms with Crippen LogP contribution in [0.25, 0.3) is 0 Å². The molecule has 1 aromatic carbocycles. The number of halogens is 1. The third kappa shape index (κ3) is 3.11. The first-order valence-corrected chi connectivity index (χ1v) is 5.61. The van der Waals surface area contributed by atoms with Crippen LogP contribution >= 0.6 is 0 Å². The third-order valence-corrected chi connectivity index (χ3v) is 2.59. The van der Waals surface area contributed by atoms with Gasteiger partial charge in [-0.1, -0.05) is 18.2 Å². The van der Waals surface area contributed by atoms with E-state index in [1.165, 1.54) is 6.07 Å². The van der Waals surface area contributed by atoms with Crippen molar-refractivity contribution in [1.29, 1.82) is 0 Å². The van der Waals surface area contributed by atoms with E-state index in [-0.39, 0.29) is 5.82 Å². The van der Waals surface area contributed by atoms with Crippen molar-refractivity contribution < 1.29 is 4.39 Å². The Morgan fingerprint density at radius 1 is 1.24 bits per heavy atom. The zero-order chi connectivity index (χ0) is 12.1. The average molecular weight is 230 g/mol. The second-order valence-corrected chi connectivity index (χ2v) is 3.95. The predicted octanol–water partition coefficient (Wildman–Crippen LogP) is 2.53. The van der Waals surface area contributed by atoms with Gasteiger partial charge >= 0.3 is 0 Å². The molecule has 0 amide bonds.